The van der Waals surface area contributed by atoms with E-state index in [0.717, 1.165) is 30.3 Å². The summed E-state index contributed by atoms with van der Waals surface area (Å²) in [5, 5.41) is 0. The Labute approximate surface area is 111 Å². The number of rotatable bonds is 4. The van der Waals surface area contributed by atoms with Crippen molar-refractivity contribution in [1.29, 1.82) is 0 Å². The fourth-order valence-corrected chi connectivity index (χ4v) is 1.28. The van der Waals surface area contributed by atoms with Gasteiger partial charge in [-0.05, 0) is 30.7 Å². The second-order valence-electron chi connectivity index (χ2n) is 3.80. The third-order valence-electron chi connectivity index (χ3n) is 2.27. The molecule has 0 aliphatic rings. The monoisotopic (exact) mass is 294 g/mol. The van der Waals surface area contributed by atoms with Crippen molar-refractivity contribution in [3.05, 3.63) is 41.5 Å². The van der Waals surface area contributed by atoms with Gasteiger partial charge in [-0.2, -0.15) is 22.0 Å². The molecule has 110 valence electrons. The smallest absolute Gasteiger partial charge is 0.416 e. The number of ether oxygens (including phenoxy) is 1. The number of alkyl halides is 5. The van der Waals surface area contributed by atoms with Crippen LogP contribution in [0.1, 0.15) is 18.1 Å². The molecule has 0 amide bonds. The molecule has 0 saturated heterocycles. The van der Waals surface area contributed by atoms with Gasteiger partial charge in [0.1, 0.15) is 0 Å². The minimum Gasteiger partial charge on any atom is -0.461 e. The van der Waals surface area contributed by atoms with Crippen molar-refractivity contribution in [2.75, 3.05) is 6.61 Å². The summed E-state index contributed by atoms with van der Waals surface area (Å²) in [4.78, 5) is 10.9. The molecule has 0 N–H and O–H groups in total. The Balaban J connectivity index is 2.83. The summed E-state index contributed by atoms with van der Waals surface area (Å²) >= 11 is 0. The Morgan fingerprint density at radius 3 is 2.15 bits per heavy atom. The lowest BCUT2D eigenvalue weighted by molar-refractivity contribution is -0.164. The fraction of sp³-hybridized carbons (Fsp3) is 0.308. The quantitative estimate of drug-likeness (QED) is 0.621. The lowest BCUT2D eigenvalue weighted by Crippen LogP contribution is -2.28. The van der Waals surface area contributed by atoms with E-state index in [2.05, 4.69) is 4.74 Å². The molecule has 0 radical (unpaired) electrons. The highest BCUT2D eigenvalue weighted by Crippen LogP contribution is 2.29. The summed E-state index contributed by atoms with van der Waals surface area (Å²) in [6.07, 6.45) is -3.35. The van der Waals surface area contributed by atoms with E-state index in [4.69, 9.17) is 0 Å². The number of carbonyl (C=O) groups excluding carboxylic acids is 1. The fourth-order valence-electron chi connectivity index (χ4n) is 1.28. The average Bonchev–Trinajstić information content (AvgIpc) is 2.36. The van der Waals surface area contributed by atoms with Gasteiger partial charge in [0.15, 0.2) is 0 Å². The lowest BCUT2D eigenvalue weighted by Gasteiger charge is -2.10. The highest BCUT2D eigenvalue weighted by Gasteiger charge is 2.37. The largest absolute Gasteiger partial charge is 0.461 e. The molecular weight excluding hydrogens is 283 g/mol. The lowest BCUT2D eigenvalue weighted by atomic mass is 10.1. The number of benzene rings is 1. The first-order valence-electron chi connectivity index (χ1n) is 5.58. The second kappa shape index (κ2) is 6.02. The summed E-state index contributed by atoms with van der Waals surface area (Å²) in [6, 6.07) is 3.59. The van der Waals surface area contributed by atoms with Gasteiger partial charge < -0.3 is 4.74 Å². The summed E-state index contributed by atoms with van der Waals surface area (Å²) in [5.74, 6) is -5.53. The highest BCUT2D eigenvalue weighted by atomic mass is 19.4. The normalized spacial score (nSPS) is 12.7. The number of carbonyl (C=O) groups is 1. The first-order chi connectivity index (χ1) is 9.16. The van der Waals surface area contributed by atoms with Crippen LogP contribution in [-0.4, -0.2) is 18.5 Å². The molecule has 1 aromatic rings. The molecule has 1 rings (SSSR count). The minimum atomic E-state index is -4.49. The van der Waals surface area contributed by atoms with E-state index in [1.165, 1.54) is 6.92 Å². The second-order valence-corrected chi connectivity index (χ2v) is 3.80. The van der Waals surface area contributed by atoms with Crippen LogP contribution in [-0.2, 0) is 15.7 Å². The minimum absolute atomic E-state index is 0.113. The van der Waals surface area contributed by atoms with Crippen molar-refractivity contribution in [3.8, 4) is 0 Å². The van der Waals surface area contributed by atoms with Crippen LogP contribution in [0.15, 0.2) is 30.3 Å². The molecule has 0 spiro atoms. The van der Waals surface area contributed by atoms with Crippen LogP contribution in [0.4, 0.5) is 22.0 Å². The summed E-state index contributed by atoms with van der Waals surface area (Å²) < 4.78 is 67.5. The maximum Gasteiger partial charge on any atom is 0.416 e. The van der Waals surface area contributed by atoms with Crippen molar-refractivity contribution < 1.29 is 31.5 Å². The number of hydrogen-bond donors (Lipinski definition) is 0. The Hall–Kier alpha value is -1.92. The molecule has 0 unspecified atom stereocenters. The summed E-state index contributed by atoms with van der Waals surface area (Å²) in [7, 11) is 0. The predicted octanol–water partition coefficient (Wildman–Crippen LogP) is 3.92. The Morgan fingerprint density at radius 1 is 1.15 bits per heavy atom. The van der Waals surface area contributed by atoms with Crippen molar-refractivity contribution in [2.45, 2.75) is 19.0 Å². The molecule has 0 aliphatic carbocycles. The van der Waals surface area contributed by atoms with E-state index < -0.39 is 23.6 Å². The van der Waals surface area contributed by atoms with Crippen LogP contribution < -0.4 is 0 Å². The van der Waals surface area contributed by atoms with Gasteiger partial charge >= 0.3 is 18.1 Å². The third kappa shape index (κ3) is 4.32. The van der Waals surface area contributed by atoms with Gasteiger partial charge in [-0.25, -0.2) is 4.79 Å². The standard InChI is InChI=1S/C13H11F5O2/c1-2-20-11(19)12(14,15)8-7-9-3-5-10(6-4-9)13(16,17)18/h3-8H,2H2,1H3/b8-7-. The molecule has 0 aliphatic heterocycles. The van der Waals surface area contributed by atoms with E-state index in [1.54, 1.807) is 0 Å². The number of esters is 1. The van der Waals surface area contributed by atoms with Crippen molar-refractivity contribution in [1.82, 2.24) is 0 Å². The van der Waals surface area contributed by atoms with Gasteiger partial charge in [-0.1, -0.05) is 18.2 Å². The van der Waals surface area contributed by atoms with Crippen LogP contribution in [0, 0.1) is 0 Å². The van der Waals surface area contributed by atoms with E-state index in [-0.39, 0.29) is 18.2 Å². The maximum absolute atomic E-state index is 13.2. The van der Waals surface area contributed by atoms with E-state index >= 15 is 0 Å². The highest BCUT2D eigenvalue weighted by molar-refractivity contribution is 5.81. The van der Waals surface area contributed by atoms with Crippen LogP contribution in [0.5, 0.6) is 0 Å². The van der Waals surface area contributed by atoms with Crippen LogP contribution in [0.2, 0.25) is 0 Å². The van der Waals surface area contributed by atoms with Gasteiger partial charge in [0.05, 0.1) is 12.2 Å². The average molecular weight is 294 g/mol. The molecular formula is C13H11F5O2. The molecule has 0 fully saturated rings. The zero-order valence-electron chi connectivity index (χ0n) is 10.4. The molecule has 1 aromatic carbocycles. The molecule has 0 aromatic heterocycles. The van der Waals surface area contributed by atoms with Crippen molar-refractivity contribution in [3.63, 3.8) is 0 Å². The van der Waals surface area contributed by atoms with Crippen molar-refractivity contribution in [2.24, 2.45) is 0 Å². The third-order valence-corrected chi connectivity index (χ3v) is 2.27. The summed E-state index contributed by atoms with van der Waals surface area (Å²) in [6.45, 7) is 1.19. The van der Waals surface area contributed by atoms with Gasteiger partial charge in [0.2, 0.25) is 0 Å². The summed E-state index contributed by atoms with van der Waals surface area (Å²) in [5.41, 5.74) is -0.770. The molecule has 0 heterocycles. The molecule has 0 bridgehead atoms. The van der Waals surface area contributed by atoms with Crippen LogP contribution in [0.3, 0.4) is 0 Å². The molecule has 20 heavy (non-hydrogen) atoms. The SMILES string of the molecule is CCOC(=O)C(F)(F)/C=C\c1ccc(C(F)(F)F)cc1. The van der Waals surface area contributed by atoms with Gasteiger partial charge in [0.25, 0.3) is 0 Å². The molecule has 0 saturated carbocycles. The van der Waals surface area contributed by atoms with E-state index in [9.17, 15) is 26.7 Å². The number of hydrogen-bond acceptors (Lipinski definition) is 2. The van der Waals surface area contributed by atoms with E-state index in [1.807, 2.05) is 0 Å². The molecule has 0 atom stereocenters. The van der Waals surface area contributed by atoms with Crippen molar-refractivity contribution >= 4 is 12.0 Å². The number of halogens is 5. The topological polar surface area (TPSA) is 26.3 Å². The zero-order chi connectivity index (χ0) is 15.4. The maximum atomic E-state index is 13.2. The predicted molar refractivity (Wildman–Crippen MR) is 62.1 cm³/mol. The van der Waals surface area contributed by atoms with Crippen LogP contribution in [0.25, 0.3) is 6.08 Å². The molecule has 7 heteroatoms. The Kier molecular flexibility index (Phi) is 4.86. The van der Waals surface area contributed by atoms with E-state index in [0.29, 0.717) is 0 Å². The van der Waals surface area contributed by atoms with Gasteiger partial charge in [0, 0.05) is 0 Å². The zero-order valence-corrected chi connectivity index (χ0v) is 10.4. The van der Waals surface area contributed by atoms with Gasteiger partial charge in [-0.3, -0.25) is 0 Å². The first kappa shape index (κ1) is 16.1. The van der Waals surface area contributed by atoms with Gasteiger partial charge in [-0.15, -0.1) is 0 Å². The Bertz CT molecular complexity index is 488. The molecule has 2 nitrogen and oxygen atoms in total. The Morgan fingerprint density at radius 2 is 1.70 bits per heavy atom. The van der Waals surface area contributed by atoms with Crippen LogP contribution >= 0.6 is 0 Å². The first-order valence-corrected chi connectivity index (χ1v) is 5.58.